The van der Waals surface area contributed by atoms with E-state index in [1.165, 1.54) is 0 Å². The maximum Gasteiger partial charge on any atom is 0.0257 e. The van der Waals surface area contributed by atoms with Crippen LogP contribution >= 0.6 is 0 Å². The Bertz CT molecular complexity index is 97.0. The van der Waals surface area contributed by atoms with Crippen molar-refractivity contribution in [3.05, 3.63) is 0 Å². The molecule has 0 radical (unpaired) electrons. The van der Waals surface area contributed by atoms with Crippen molar-refractivity contribution in [3.8, 4) is 0 Å². The molecule has 3 heteroatoms. The van der Waals surface area contributed by atoms with Gasteiger partial charge < -0.3 is 9.91 Å². The molecule has 0 rings (SSSR count). The van der Waals surface area contributed by atoms with Crippen molar-refractivity contribution in [2.75, 3.05) is 34.7 Å². The molecule has 0 aromatic heterocycles. The van der Waals surface area contributed by atoms with Crippen LogP contribution in [0.25, 0.3) is 0 Å². The van der Waals surface area contributed by atoms with E-state index < -0.39 is 0 Å². The van der Waals surface area contributed by atoms with Gasteiger partial charge in [0, 0.05) is 26.9 Å². The highest BCUT2D eigenvalue weighted by molar-refractivity contribution is 5.56. The molecule has 0 aliphatic heterocycles. The summed E-state index contributed by atoms with van der Waals surface area (Å²) in [6, 6.07) is 0. The molecular formula is C7H17N3. The van der Waals surface area contributed by atoms with Crippen LogP contribution in [0.2, 0.25) is 0 Å². The zero-order valence-corrected chi connectivity index (χ0v) is 7.33. The molecule has 10 heavy (non-hydrogen) atoms. The largest absolute Gasteiger partial charge is 0.309 e. The second kappa shape index (κ2) is 5.23. The van der Waals surface area contributed by atoms with Gasteiger partial charge in [0.25, 0.3) is 0 Å². The van der Waals surface area contributed by atoms with Crippen LogP contribution in [0.15, 0.2) is 5.10 Å². The lowest BCUT2D eigenvalue weighted by Gasteiger charge is -2.06. The summed E-state index contributed by atoms with van der Waals surface area (Å²) in [6.45, 7) is 1.07. The predicted octanol–water partition coefficient (Wildman–Crippen LogP) is 0.485. The number of rotatable bonds is 4. The van der Waals surface area contributed by atoms with Gasteiger partial charge in [-0.3, -0.25) is 0 Å². The Morgan fingerprint density at radius 2 is 1.80 bits per heavy atom. The zero-order valence-electron chi connectivity index (χ0n) is 7.33. The Hall–Kier alpha value is -0.570. The highest BCUT2D eigenvalue weighted by Gasteiger charge is 1.85. The lowest BCUT2D eigenvalue weighted by Crippen LogP contribution is -2.13. The molecule has 3 nitrogen and oxygen atoms in total. The molecule has 0 N–H and O–H groups in total. The quantitative estimate of drug-likeness (QED) is 0.421. The van der Waals surface area contributed by atoms with Gasteiger partial charge in [-0.05, 0) is 20.5 Å². The first-order chi connectivity index (χ1) is 4.63. The Morgan fingerprint density at radius 3 is 2.20 bits per heavy atom. The summed E-state index contributed by atoms with van der Waals surface area (Å²) in [4.78, 5) is 2.14. The fourth-order valence-corrected chi connectivity index (χ4v) is 0.537. The summed E-state index contributed by atoms with van der Waals surface area (Å²) in [5, 5.41) is 5.88. The fourth-order valence-electron chi connectivity index (χ4n) is 0.537. The van der Waals surface area contributed by atoms with E-state index in [1.807, 2.05) is 20.3 Å². The molecule has 0 unspecified atom stereocenters. The maximum absolute atomic E-state index is 4.08. The fraction of sp³-hybridized carbons (Fsp3) is 0.857. The van der Waals surface area contributed by atoms with E-state index >= 15 is 0 Å². The molecule has 0 aliphatic carbocycles. The minimum atomic E-state index is 1.02. The van der Waals surface area contributed by atoms with Crippen LogP contribution in [0.4, 0.5) is 0 Å². The van der Waals surface area contributed by atoms with E-state index in [9.17, 15) is 0 Å². The van der Waals surface area contributed by atoms with Gasteiger partial charge in [-0.25, -0.2) is 0 Å². The molecule has 0 aromatic rings. The van der Waals surface area contributed by atoms with Crippen LogP contribution < -0.4 is 0 Å². The molecular weight excluding hydrogens is 126 g/mol. The van der Waals surface area contributed by atoms with Gasteiger partial charge >= 0.3 is 0 Å². The molecule has 0 saturated heterocycles. The van der Waals surface area contributed by atoms with Gasteiger partial charge in [0.1, 0.15) is 0 Å². The first kappa shape index (κ1) is 9.43. The third-order valence-corrected chi connectivity index (χ3v) is 1.02. The summed E-state index contributed by atoms with van der Waals surface area (Å²) in [7, 11) is 7.96. The lowest BCUT2D eigenvalue weighted by molar-refractivity contribution is 0.415. The third kappa shape index (κ3) is 7.43. The monoisotopic (exact) mass is 143 g/mol. The van der Waals surface area contributed by atoms with Gasteiger partial charge in [0.05, 0.1) is 0 Å². The number of hydrogen-bond donors (Lipinski definition) is 0. The first-order valence-electron chi connectivity index (χ1n) is 3.47. The number of hydrogen-bond acceptors (Lipinski definition) is 3. The Balaban J connectivity index is 3.19. The summed E-state index contributed by atoms with van der Waals surface area (Å²) < 4.78 is 0. The van der Waals surface area contributed by atoms with E-state index in [0.29, 0.717) is 0 Å². The first-order valence-corrected chi connectivity index (χ1v) is 3.47. The van der Waals surface area contributed by atoms with Crippen LogP contribution in [0.5, 0.6) is 0 Å². The Morgan fingerprint density at radius 1 is 1.20 bits per heavy atom. The summed E-state index contributed by atoms with van der Waals surface area (Å²) >= 11 is 0. The smallest absolute Gasteiger partial charge is 0.0257 e. The SMILES string of the molecule is CN(C)CC/C=N/N(C)C. The maximum atomic E-state index is 4.08. The second-order valence-electron chi connectivity index (χ2n) is 2.74. The molecule has 0 aromatic carbocycles. The Kier molecular flexibility index (Phi) is 4.94. The van der Waals surface area contributed by atoms with Gasteiger partial charge in [0.15, 0.2) is 0 Å². The van der Waals surface area contributed by atoms with Crippen LogP contribution in [0, 0.1) is 0 Å². The molecule has 0 amide bonds. The molecule has 0 atom stereocenters. The highest BCUT2D eigenvalue weighted by atomic mass is 15.4. The van der Waals surface area contributed by atoms with Crippen molar-refractivity contribution in [1.29, 1.82) is 0 Å². The molecule has 0 heterocycles. The number of nitrogens with zero attached hydrogens (tertiary/aromatic N) is 3. The molecule has 60 valence electrons. The summed E-state index contributed by atoms with van der Waals surface area (Å²) in [6.07, 6.45) is 2.95. The van der Waals surface area contributed by atoms with Gasteiger partial charge in [-0.2, -0.15) is 5.10 Å². The predicted molar refractivity (Wildman–Crippen MR) is 45.4 cm³/mol. The molecule has 0 aliphatic rings. The van der Waals surface area contributed by atoms with E-state index in [2.05, 4.69) is 24.1 Å². The number of hydrazone groups is 1. The van der Waals surface area contributed by atoms with Crippen molar-refractivity contribution in [1.82, 2.24) is 9.91 Å². The average molecular weight is 143 g/mol. The van der Waals surface area contributed by atoms with Crippen LogP contribution in [0.1, 0.15) is 6.42 Å². The van der Waals surface area contributed by atoms with E-state index in [0.717, 1.165) is 13.0 Å². The summed E-state index contributed by atoms with van der Waals surface area (Å²) in [5.74, 6) is 0. The van der Waals surface area contributed by atoms with E-state index in [1.54, 1.807) is 5.01 Å². The lowest BCUT2D eigenvalue weighted by atomic mass is 10.4. The molecule has 0 spiro atoms. The van der Waals surface area contributed by atoms with E-state index in [-0.39, 0.29) is 0 Å². The van der Waals surface area contributed by atoms with Crippen LogP contribution in [-0.2, 0) is 0 Å². The second-order valence-corrected chi connectivity index (χ2v) is 2.74. The van der Waals surface area contributed by atoms with Crippen molar-refractivity contribution < 1.29 is 0 Å². The van der Waals surface area contributed by atoms with Gasteiger partial charge in [-0.15, -0.1) is 0 Å². The van der Waals surface area contributed by atoms with Crippen molar-refractivity contribution >= 4 is 6.21 Å². The van der Waals surface area contributed by atoms with Gasteiger partial charge in [0.2, 0.25) is 0 Å². The van der Waals surface area contributed by atoms with E-state index in [4.69, 9.17) is 0 Å². The minimum absolute atomic E-state index is 1.02. The summed E-state index contributed by atoms with van der Waals surface area (Å²) in [5.41, 5.74) is 0. The topological polar surface area (TPSA) is 18.8 Å². The van der Waals surface area contributed by atoms with Crippen molar-refractivity contribution in [3.63, 3.8) is 0 Å². The van der Waals surface area contributed by atoms with Crippen LogP contribution in [0.3, 0.4) is 0 Å². The zero-order chi connectivity index (χ0) is 7.98. The van der Waals surface area contributed by atoms with Crippen molar-refractivity contribution in [2.45, 2.75) is 6.42 Å². The molecule has 0 saturated carbocycles. The van der Waals surface area contributed by atoms with Crippen molar-refractivity contribution in [2.24, 2.45) is 5.10 Å². The molecule has 0 bridgehead atoms. The average Bonchev–Trinajstić information content (AvgIpc) is 1.79. The van der Waals surface area contributed by atoms with Gasteiger partial charge in [-0.1, -0.05) is 0 Å². The third-order valence-electron chi connectivity index (χ3n) is 1.02. The van der Waals surface area contributed by atoms with Crippen LogP contribution in [-0.4, -0.2) is 50.9 Å². The minimum Gasteiger partial charge on any atom is -0.309 e. The normalized spacial score (nSPS) is 11.3. The molecule has 0 fully saturated rings. The Labute approximate surface area is 63.3 Å². The standard InChI is InChI=1S/C7H17N3/c1-9(2)7-5-6-8-10(3)4/h6H,5,7H2,1-4H3/b8-6+. The highest BCUT2D eigenvalue weighted by Crippen LogP contribution is 1.80.